The average molecular weight is 524 g/mol. The number of rotatable bonds is 4. The summed E-state index contributed by atoms with van der Waals surface area (Å²) in [5, 5.41) is 10.1. The van der Waals surface area contributed by atoms with Gasteiger partial charge < -0.3 is 0 Å². The third-order valence-electron chi connectivity index (χ3n) is 7.87. The van der Waals surface area contributed by atoms with E-state index < -0.39 is 0 Å². The lowest BCUT2D eigenvalue weighted by molar-refractivity contribution is 0.972. The molecule has 0 spiro atoms. The van der Waals surface area contributed by atoms with Crippen LogP contribution in [-0.4, -0.2) is 14.6 Å². The third kappa shape index (κ3) is 3.90. The minimum Gasteiger partial charge on any atom is -0.255 e. The second-order valence-corrected chi connectivity index (χ2v) is 10.3. The molecule has 192 valence electrons. The SMILES string of the molecule is c1ccc(-c2c(-c3ccc(-c4cccc5ccccc45)cc3)nn3c(-c4ccccn4)cc4ccccc4c23)cc1. The van der Waals surface area contributed by atoms with Crippen LogP contribution in [0.3, 0.4) is 0 Å². The molecular formula is C38H25N3. The summed E-state index contributed by atoms with van der Waals surface area (Å²) < 4.78 is 2.08. The van der Waals surface area contributed by atoms with Gasteiger partial charge in [0.25, 0.3) is 0 Å². The largest absolute Gasteiger partial charge is 0.255 e. The lowest BCUT2D eigenvalue weighted by Gasteiger charge is -2.10. The Balaban J connectivity index is 1.40. The Morgan fingerprint density at radius 1 is 0.488 bits per heavy atom. The maximum atomic E-state index is 5.31. The molecule has 0 saturated carbocycles. The molecule has 8 rings (SSSR count). The Kier molecular flexibility index (Phi) is 5.46. The van der Waals surface area contributed by atoms with E-state index in [1.165, 1.54) is 21.9 Å². The van der Waals surface area contributed by atoms with Gasteiger partial charge in [-0.3, -0.25) is 4.98 Å². The summed E-state index contributed by atoms with van der Waals surface area (Å²) in [5.41, 5.74) is 9.66. The van der Waals surface area contributed by atoms with Gasteiger partial charge in [-0.2, -0.15) is 5.10 Å². The van der Waals surface area contributed by atoms with Crippen LogP contribution in [0.4, 0.5) is 0 Å². The van der Waals surface area contributed by atoms with Gasteiger partial charge in [0.15, 0.2) is 0 Å². The molecule has 0 unspecified atom stereocenters. The first-order chi connectivity index (χ1) is 20.3. The molecule has 0 bridgehead atoms. The Morgan fingerprint density at radius 3 is 1.98 bits per heavy atom. The molecule has 3 heteroatoms. The molecule has 3 nitrogen and oxygen atoms in total. The topological polar surface area (TPSA) is 30.2 Å². The van der Waals surface area contributed by atoms with Gasteiger partial charge in [-0.1, -0.05) is 127 Å². The third-order valence-corrected chi connectivity index (χ3v) is 7.87. The van der Waals surface area contributed by atoms with Gasteiger partial charge in [0.2, 0.25) is 0 Å². The fraction of sp³-hybridized carbons (Fsp3) is 0. The van der Waals surface area contributed by atoms with Gasteiger partial charge in [-0.25, -0.2) is 4.52 Å². The van der Waals surface area contributed by atoms with Gasteiger partial charge in [0.05, 0.1) is 16.9 Å². The van der Waals surface area contributed by atoms with E-state index in [-0.39, 0.29) is 0 Å². The van der Waals surface area contributed by atoms with Crippen LogP contribution in [0.2, 0.25) is 0 Å². The Labute approximate surface area is 238 Å². The second-order valence-electron chi connectivity index (χ2n) is 10.3. The molecule has 5 aromatic carbocycles. The van der Waals surface area contributed by atoms with E-state index in [0.29, 0.717) is 0 Å². The molecular weight excluding hydrogens is 498 g/mol. The van der Waals surface area contributed by atoms with Crippen LogP contribution >= 0.6 is 0 Å². The standard InChI is InChI=1S/C38H25N3/c1-2-12-28(13-3-1)36-37(29-22-20-27(21-23-29)32-18-10-15-26-11-4-6-16-31(26)32)40-41-35(34-19-8-9-24-39-34)25-30-14-5-7-17-33(30)38(36)41/h1-25H. The van der Waals surface area contributed by atoms with Crippen molar-refractivity contribution >= 4 is 27.1 Å². The maximum Gasteiger partial charge on any atom is 0.101 e. The van der Waals surface area contributed by atoms with Crippen molar-refractivity contribution in [2.75, 3.05) is 0 Å². The van der Waals surface area contributed by atoms with Crippen molar-refractivity contribution in [3.63, 3.8) is 0 Å². The summed E-state index contributed by atoms with van der Waals surface area (Å²) in [5.74, 6) is 0. The van der Waals surface area contributed by atoms with Crippen LogP contribution in [-0.2, 0) is 0 Å². The van der Waals surface area contributed by atoms with Crippen LogP contribution in [0.5, 0.6) is 0 Å². The molecule has 0 fully saturated rings. The smallest absolute Gasteiger partial charge is 0.101 e. The predicted octanol–water partition coefficient (Wildman–Crippen LogP) is 9.70. The highest BCUT2D eigenvalue weighted by molar-refractivity contribution is 6.08. The van der Waals surface area contributed by atoms with Crippen molar-refractivity contribution < 1.29 is 0 Å². The molecule has 0 N–H and O–H groups in total. The highest BCUT2D eigenvalue weighted by Crippen LogP contribution is 2.41. The van der Waals surface area contributed by atoms with Crippen molar-refractivity contribution in [2.24, 2.45) is 0 Å². The summed E-state index contributed by atoms with van der Waals surface area (Å²) in [7, 11) is 0. The maximum absolute atomic E-state index is 5.31. The van der Waals surface area contributed by atoms with Gasteiger partial charge >= 0.3 is 0 Å². The number of nitrogens with zero attached hydrogens (tertiary/aromatic N) is 3. The first-order valence-corrected chi connectivity index (χ1v) is 13.8. The first-order valence-electron chi connectivity index (χ1n) is 13.8. The van der Waals surface area contributed by atoms with E-state index in [1.807, 2.05) is 24.4 Å². The molecule has 3 heterocycles. The van der Waals surface area contributed by atoms with E-state index in [2.05, 4.69) is 132 Å². The Morgan fingerprint density at radius 2 is 1.17 bits per heavy atom. The summed E-state index contributed by atoms with van der Waals surface area (Å²) >= 11 is 0. The number of benzene rings is 5. The Bertz CT molecular complexity index is 2170. The average Bonchev–Trinajstić information content (AvgIpc) is 3.46. The molecule has 0 atom stereocenters. The predicted molar refractivity (Wildman–Crippen MR) is 170 cm³/mol. The van der Waals surface area contributed by atoms with E-state index >= 15 is 0 Å². The van der Waals surface area contributed by atoms with Crippen LogP contribution in [0.1, 0.15) is 0 Å². The molecule has 41 heavy (non-hydrogen) atoms. The van der Waals surface area contributed by atoms with Crippen molar-refractivity contribution in [2.45, 2.75) is 0 Å². The number of hydrogen-bond donors (Lipinski definition) is 0. The van der Waals surface area contributed by atoms with Gasteiger partial charge in [-0.05, 0) is 51.0 Å². The molecule has 0 aliphatic heterocycles. The lowest BCUT2D eigenvalue weighted by Crippen LogP contribution is -1.97. The van der Waals surface area contributed by atoms with Gasteiger partial charge in [-0.15, -0.1) is 0 Å². The van der Waals surface area contributed by atoms with Crippen LogP contribution < -0.4 is 0 Å². The van der Waals surface area contributed by atoms with E-state index in [0.717, 1.165) is 50.1 Å². The highest BCUT2D eigenvalue weighted by atomic mass is 15.2. The van der Waals surface area contributed by atoms with Crippen molar-refractivity contribution in [3.8, 4) is 44.9 Å². The minimum atomic E-state index is 0.892. The van der Waals surface area contributed by atoms with Crippen LogP contribution in [0, 0.1) is 0 Å². The molecule has 0 radical (unpaired) electrons. The summed E-state index contributed by atoms with van der Waals surface area (Å²) in [6.07, 6.45) is 1.84. The molecule has 0 aliphatic carbocycles. The molecule has 0 amide bonds. The van der Waals surface area contributed by atoms with Gasteiger partial charge in [0, 0.05) is 22.7 Å². The number of hydrogen-bond acceptors (Lipinski definition) is 2. The molecule has 0 aliphatic rings. The second kappa shape index (κ2) is 9.58. The van der Waals surface area contributed by atoms with E-state index in [1.54, 1.807) is 0 Å². The van der Waals surface area contributed by atoms with Crippen molar-refractivity contribution in [3.05, 3.63) is 152 Å². The van der Waals surface area contributed by atoms with Crippen molar-refractivity contribution in [1.82, 2.24) is 14.6 Å². The van der Waals surface area contributed by atoms with E-state index in [9.17, 15) is 0 Å². The zero-order valence-electron chi connectivity index (χ0n) is 22.3. The summed E-state index contributed by atoms with van der Waals surface area (Å²) in [6, 6.07) is 51.2. The molecule has 0 saturated heterocycles. The number of aromatic nitrogens is 3. The Hall–Kier alpha value is -5.54. The number of fused-ring (bicyclic) bond motifs is 4. The first kappa shape index (κ1) is 23.4. The normalized spacial score (nSPS) is 11.4. The monoisotopic (exact) mass is 523 g/mol. The summed E-state index contributed by atoms with van der Waals surface area (Å²) in [4.78, 5) is 4.70. The zero-order chi connectivity index (χ0) is 27.2. The van der Waals surface area contributed by atoms with Crippen LogP contribution in [0.25, 0.3) is 72.0 Å². The highest BCUT2D eigenvalue weighted by Gasteiger charge is 2.21. The van der Waals surface area contributed by atoms with Crippen molar-refractivity contribution in [1.29, 1.82) is 0 Å². The summed E-state index contributed by atoms with van der Waals surface area (Å²) in [6.45, 7) is 0. The fourth-order valence-corrected chi connectivity index (χ4v) is 5.95. The van der Waals surface area contributed by atoms with Gasteiger partial charge in [0.1, 0.15) is 5.69 Å². The minimum absolute atomic E-state index is 0.892. The quantitative estimate of drug-likeness (QED) is 0.230. The van der Waals surface area contributed by atoms with Crippen LogP contribution in [0.15, 0.2) is 152 Å². The molecule has 8 aromatic rings. The zero-order valence-corrected chi connectivity index (χ0v) is 22.3. The lowest BCUT2D eigenvalue weighted by atomic mass is 9.94. The fourth-order valence-electron chi connectivity index (χ4n) is 5.95. The van der Waals surface area contributed by atoms with E-state index in [4.69, 9.17) is 10.1 Å². The number of pyridine rings is 2. The molecule has 3 aromatic heterocycles.